The van der Waals surface area contributed by atoms with Gasteiger partial charge >= 0.3 is 0 Å². The number of hydrogen-bond acceptors (Lipinski definition) is 5. The molecule has 0 aliphatic heterocycles. The van der Waals surface area contributed by atoms with Crippen molar-refractivity contribution in [3.63, 3.8) is 0 Å². The molecule has 2 aromatic rings. The van der Waals surface area contributed by atoms with Crippen LogP contribution in [-0.2, 0) is 13.1 Å². The van der Waals surface area contributed by atoms with Gasteiger partial charge in [0.2, 0.25) is 0 Å². The van der Waals surface area contributed by atoms with E-state index in [4.69, 9.17) is 11.6 Å². The Bertz CT molecular complexity index is 475. The molecule has 7 nitrogen and oxygen atoms in total. The zero-order valence-electron chi connectivity index (χ0n) is 9.78. The summed E-state index contributed by atoms with van der Waals surface area (Å²) in [7, 11) is 0. The molecule has 17 heavy (non-hydrogen) atoms. The zero-order valence-corrected chi connectivity index (χ0v) is 10.5. The SMILES string of the molecule is CCCn1nnnc1Cn1cc(C(C)Cl)nn1. The lowest BCUT2D eigenvalue weighted by molar-refractivity contribution is 0.526. The molecule has 0 saturated carbocycles. The highest BCUT2D eigenvalue weighted by Crippen LogP contribution is 2.15. The highest BCUT2D eigenvalue weighted by molar-refractivity contribution is 6.20. The number of tetrazole rings is 1. The fraction of sp³-hybridized carbons (Fsp3) is 0.667. The van der Waals surface area contributed by atoms with E-state index >= 15 is 0 Å². The van der Waals surface area contributed by atoms with Crippen molar-refractivity contribution >= 4 is 11.6 Å². The van der Waals surface area contributed by atoms with Crippen LogP contribution in [0.4, 0.5) is 0 Å². The van der Waals surface area contributed by atoms with Crippen LogP contribution in [0.25, 0.3) is 0 Å². The first-order chi connectivity index (χ1) is 8.20. The van der Waals surface area contributed by atoms with Gasteiger partial charge in [0.05, 0.1) is 11.6 Å². The molecule has 2 heterocycles. The van der Waals surface area contributed by atoms with E-state index in [9.17, 15) is 0 Å². The van der Waals surface area contributed by atoms with Crippen LogP contribution in [0, 0.1) is 0 Å². The molecule has 2 rings (SSSR count). The Balaban J connectivity index is 2.11. The van der Waals surface area contributed by atoms with E-state index in [-0.39, 0.29) is 5.38 Å². The molecule has 8 heteroatoms. The molecule has 0 fully saturated rings. The molecule has 1 unspecified atom stereocenters. The largest absolute Gasteiger partial charge is 0.244 e. The second-order valence-corrected chi connectivity index (χ2v) is 4.43. The number of alkyl halides is 1. The van der Waals surface area contributed by atoms with Crippen LogP contribution in [0.1, 0.15) is 37.2 Å². The zero-order chi connectivity index (χ0) is 12.3. The van der Waals surface area contributed by atoms with E-state index < -0.39 is 0 Å². The Morgan fingerprint density at radius 3 is 2.82 bits per heavy atom. The second kappa shape index (κ2) is 5.22. The summed E-state index contributed by atoms with van der Waals surface area (Å²) in [6, 6.07) is 0. The van der Waals surface area contributed by atoms with Gasteiger partial charge in [0.1, 0.15) is 12.2 Å². The molecule has 1 atom stereocenters. The first-order valence-corrected chi connectivity index (χ1v) is 5.93. The lowest BCUT2D eigenvalue weighted by Gasteiger charge is -2.01. The highest BCUT2D eigenvalue weighted by atomic mass is 35.5. The fourth-order valence-corrected chi connectivity index (χ4v) is 1.54. The molecule has 0 bridgehead atoms. The molecule has 0 aliphatic carbocycles. The summed E-state index contributed by atoms with van der Waals surface area (Å²) in [5, 5.41) is 19.3. The lowest BCUT2D eigenvalue weighted by Crippen LogP contribution is -2.10. The van der Waals surface area contributed by atoms with Crippen LogP contribution in [0.5, 0.6) is 0 Å². The minimum Gasteiger partial charge on any atom is -0.244 e. The summed E-state index contributed by atoms with van der Waals surface area (Å²) in [6.45, 7) is 5.24. The van der Waals surface area contributed by atoms with Crippen molar-refractivity contribution in [1.29, 1.82) is 0 Å². The van der Waals surface area contributed by atoms with E-state index in [0.29, 0.717) is 6.54 Å². The van der Waals surface area contributed by atoms with Gasteiger partial charge in [-0.1, -0.05) is 12.1 Å². The van der Waals surface area contributed by atoms with Gasteiger partial charge in [-0.2, -0.15) is 0 Å². The molecule has 0 saturated heterocycles. The predicted octanol–water partition coefficient (Wildman–Crippen LogP) is 1.02. The van der Waals surface area contributed by atoms with Crippen molar-refractivity contribution in [2.24, 2.45) is 0 Å². The molecule has 0 amide bonds. The average molecular weight is 256 g/mol. The van der Waals surface area contributed by atoms with Gasteiger partial charge in [-0.25, -0.2) is 9.36 Å². The van der Waals surface area contributed by atoms with Gasteiger partial charge in [-0.15, -0.1) is 21.8 Å². The molecule has 2 aromatic heterocycles. The van der Waals surface area contributed by atoms with E-state index in [1.165, 1.54) is 0 Å². The van der Waals surface area contributed by atoms with Gasteiger partial charge in [-0.3, -0.25) is 0 Å². The van der Waals surface area contributed by atoms with Crippen molar-refractivity contribution in [3.05, 3.63) is 17.7 Å². The topological polar surface area (TPSA) is 74.3 Å². The summed E-state index contributed by atoms with van der Waals surface area (Å²) in [4.78, 5) is 0. The molecule has 0 aromatic carbocycles. The molecule has 0 aliphatic rings. The highest BCUT2D eigenvalue weighted by Gasteiger charge is 2.10. The molecule has 92 valence electrons. The standard InChI is InChI=1S/C9H14ClN7/c1-3-4-17-9(12-13-15-17)6-16-5-8(7(2)10)11-14-16/h5,7H,3-4,6H2,1-2H3. The number of rotatable bonds is 5. The third-order valence-corrected chi connectivity index (χ3v) is 2.53. The third kappa shape index (κ3) is 2.79. The smallest absolute Gasteiger partial charge is 0.172 e. The monoisotopic (exact) mass is 255 g/mol. The second-order valence-electron chi connectivity index (χ2n) is 3.78. The summed E-state index contributed by atoms with van der Waals surface area (Å²) in [6.07, 6.45) is 2.79. The van der Waals surface area contributed by atoms with E-state index in [1.54, 1.807) is 9.36 Å². The molecule has 0 N–H and O–H groups in total. The maximum absolute atomic E-state index is 5.92. The van der Waals surface area contributed by atoms with Gasteiger partial charge in [0.25, 0.3) is 0 Å². The minimum absolute atomic E-state index is 0.143. The first-order valence-electron chi connectivity index (χ1n) is 5.50. The quantitative estimate of drug-likeness (QED) is 0.746. The van der Waals surface area contributed by atoms with Crippen molar-refractivity contribution in [2.75, 3.05) is 0 Å². The van der Waals surface area contributed by atoms with Gasteiger partial charge in [0, 0.05) is 6.54 Å². The molecule has 0 radical (unpaired) electrons. The first kappa shape index (κ1) is 12.0. The van der Waals surface area contributed by atoms with Crippen LogP contribution in [0.3, 0.4) is 0 Å². The van der Waals surface area contributed by atoms with Crippen LogP contribution >= 0.6 is 11.6 Å². The summed E-state index contributed by atoms with van der Waals surface area (Å²) in [5.41, 5.74) is 0.751. The third-order valence-electron chi connectivity index (χ3n) is 2.31. The van der Waals surface area contributed by atoms with Crippen LogP contribution in [0.2, 0.25) is 0 Å². The van der Waals surface area contributed by atoms with Crippen LogP contribution in [-0.4, -0.2) is 35.2 Å². The number of aryl methyl sites for hydroxylation is 1. The Labute approximate surface area is 104 Å². The Hall–Kier alpha value is -1.50. The molecular formula is C9H14ClN7. The van der Waals surface area contributed by atoms with Crippen molar-refractivity contribution < 1.29 is 0 Å². The van der Waals surface area contributed by atoms with Crippen LogP contribution < -0.4 is 0 Å². The van der Waals surface area contributed by atoms with Gasteiger partial charge < -0.3 is 0 Å². The van der Waals surface area contributed by atoms with E-state index in [1.807, 2.05) is 13.1 Å². The van der Waals surface area contributed by atoms with E-state index in [2.05, 4.69) is 32.8 Å². The summed E-state index contributed by atoms with van der Waals surface area (Å²) in [5.74, 6) is 0.769. The summed E-state index contributed by atoms with van der Waals surface area (Å²) < 4.78 is 3.46. The molecule has 0 spiro atoms. The number of halogens is 1. The van der Waals surface area contributed by atoms with Gasteiger partial charge in [-0.05, 0) is 23.8 Å². The van der Waals surface area contributed by atoms with Gasteiger partial charge in [0.15, 0.2) is 5.82 Å². The Morgan fingerprint density at radius 1 is 1.35 bits per heavy atom. The predicted molar refractivity (Wildman–Crippen MR) is 61.5 cm³/mol. The van der Waals surface area contributed by atoms with Crippen molar-refractivity contribution in [2.45, 2.75) is 38.7 Å². The molecular weight excluding hydrogens is 242 g/mol. The van der Waals surface area contributed by atoms with E-state index in [0.717, 1.165) is 24.5 Å². The van der Waals surface area contributed by atoms with Crippen molar-refractivity contribution in [1.82, 2.24) is 35.2 Å². The van der Waals surface area contributed by atoms with Crippen molar-refractivity contribution in [3.8, 4) is 0 Å². The van der Waals surface area contributed by atoms with Crippen LogP contribution in [0.15, 0.2) is 6.20 Å². The lowest BCUT2D eigenvalue weighted by atomic mass is 10.4. The summed E-state index contributed by atoms with van der Waals surface area (Å²) >= 11 is 5.92. The number of nitrogens with zero attached hydrogens (tertiary/aromatic N) is 7. The number of aromatic nitrogens is 7. The Morgan fingerprint density at radius 2 is 2.18 bits per heavy atom. The normalized spacial score (nSPS) is 12.9. The average Bonchev–Trinajstić information content (AvgIpc) is 2.90. The maximum atomic E-state index is 5.92. The number of hydrogen-bond donors (Lipinski definition) is 0. The minimum atomic E-state index is -0.143. The fourth-order valence-electron chi connectivity index (χ4n) is 1.44. The Kier molecular flexibility index (Phi) is 3.68. The maximum Gasteiger partial charge on any atom is 0.172 e.